The second kappa shape index (κ2) is 12.2. The molecule has 1 amide bonds. The van der Waals surface area contributed by atoms with Gasteiger partial charge in [0.05, 0.1) is 12.6 Å². The average Bonchev–Trinajstić information content (AvgIpc) is 2.81. The number of Topliss-reactive ketones (excluding diaryl/α,β-unsaturated/α-hetero) is 1. The number of hydrogen-bond donors (Lipinski definition) is 0. The fraction of sp³-hybridized carbons (Fsp3) is 0.500. The van der Waals surface area contributed by atoms with Crippen LogP contribution in [0.4, 0.5) is 4.79 Å². The number of rotatable bonds is 8. The molecule has 1 unspecified atom stereocenters. The van der Waals surface area contributed by atoms with Crippen LogP contribution in [0.5, 0.6) is 0 Å². The summed E-state index contributed by atoms with van der Waals surface area (Å²) in [4.78, 5) is 35.5. The minimum absolute atomic E-state index is 0.0283. The molecule has 36 heavy (non-hydrogen) atoms. The number of benzene rings is 2. The van der Waals surface area contributed by atoms with Crippen LogP contribution in [0.1, 0.15) is 71.6 Å². The van der Waals surface area contributed by atoms with E-state index >= 15 is 0 Å². The number of aliphatic imine (C=N–C) groups is 1. The lowest BCUT2D eigenvalue weighted by molar-refractivity contribution is -0.126. The van der Waals surface area contributed by atoms with Crippen LogP contribution in [0.3, 0.4) is 0 Å². The summed E-state index contributed by atoms with van der Waals surface area (Å²) in [5, 5.41) is 0. The van der Waals surface area contributed by atoms with Gasteiger partial charge < -0.3 is 9.64 Å². The lowest BCUT2D eigenvalue weighted by Crippen LogP contribution is -2.63. The Hall–Kier alpha value is -3.15. The minimum atomic E-state index is -0.686. The monoisotopic (exact) mass is 491 g/mol. The first kappa shape index (κ1) is 27.4. The van der Waals surface area contributed by atoms with Crippen molar-refractivity contribution < 1.29 is 14.3 Å². The van der Waals surface area contributed by atoms with Crippen LogP contribution in [0.25, 0.3) is 0 Å². The van der Waals surface area contributed by atoms with Crippen molar-refractivity contribution in [3.8, 4) is 0 Å². The number of amides is 1. The third-order valence-electron chi connectivity index (χ3n) is 6.14. The first-order valence-corrected chi connectivity index (χ1v) is 13.0. The molecule has 6 nitrogen and oxygen atoms in total. The van der Waals surface area contributed by atoms with Gasteiger partial charge in [-0.1, -0.05) is 74.5 Å². The van der Waals surface area contributed by atoms with Crippen LogP contribution in [0.2, 0.25) is 0 Å². The third-order valence-corrected chi connectivity index (χ3v) is 6.14. The highest BCUT2D eigenvalue weighted by atomic mass is 16.6. The largest absolute Gasteiger partial charge is 0.443 e. The van der Waals surface area contributed by atoms with E-state index in [0.717, 1.165) is 18.4 Å². The summed E-state index contributed by atoms with van der Waals surface area (Å²) >= 11 is 0. The zero-order valence-electron chi connectivity index (χ0n) is 22.6. The highest BCUT2D eigenvalue weighted by Crippen LogP contribution is 2.26. The fourth-order valence-corrected chi connectivity index (χ4v) is 4.42. The Labute approximate surface area is 216 Å². The Morgan fingerprint density at radius 1 is 1.03 bits per heavy atom. The second-order valence-corrected chi connectivity index (χ2v) is 11.0. The molecule has 0 aromatic heterocycles. The van der Waals surface area contributed by atoms with Crippen molar-refractivity contribution in [2.75, 3.05) is 13.1 Å². The quantitative estimate of drug-likeness (QED) is 0.436. The van der Waals surface area contributed by atoms with Crippen molar-refractivity contribution in [3.05, 3.63) is 71.8 Å². The summed E-state index contributed by atoms with van der Waals surface area (Å²) in [6.45, 7) is 12.5. The Morgan fingerprint density at radius 2 is 1.64 bits per heavy atom. The van der Waals surface area contributed by atoms with E-state index in [0.29, 0.717) is 18.9 Å². The van der Waals surface area contributed by atoms with Gasteiger partial charge in [0.25, 0.3) is 0 Å². The highest BCUT2D eigenvalue weighted by molar-refractivity contribution is 6.05. The van der Waals surface area contributed by atoms with Gasteiger partial charge >= 0.3 is 6.09 Å². The number of carbonyl (C=O) groups excluding carboxylic acids is 2. The Bertz CT molecular complexity index is 1030. The molecule has 3 rings (SSSR count). The van der Waals surface area contributed by atoms with Crippen molar-refractivity contribution in [3.63, 3.8) is 0 Å². The van der Waals surface area contributed by atoms with Gasteiger partial charge in [-0.25, -0.2) is 14.7 Å². The van der Waals surface area contributed by atoms with Crippen LogP contribution >= 0.6 is 0 Å². The summed E-state index contributed by atoms with van der Waals surface area (Å²) in [5.41, 5.74) is 1.61. The van der Waals surface area contributed by atoms with Crippen molar-refractivity contribution >= 4 is 17.8 Å². The van der Waals surface area contributed by atoms with Crippen molar-refractivity contribution in [1.29, 1.82) is 0 Å². The summed E-state index contributed by atoms with van der Waals surface area (Å²) in [6, 6.07) is 19.5. The molecular formula is C30H41N3O3. The third kappa shape index (κ3) is 7.67. The average molecular weight is 492 g/mol. The van der Waals surface area contributed by atoms with Gasteiger partial charge in [0.1, 0.15) is 11.6 Å². The van der Waals surface area contributed by atoms with E-state index in [4.69, 9.17) is 9.73 Å². The molecule has 0 spiro atoms. The topological polar surface area (TPSA) is 62.2 Å². The number of ketones is 1. The molecule has 6 heteroatoms. The van der Waals surface area contributed by atoms with E-state index < -0.39 is 17.7 Å². The lowest BCUT2D eigenvalue weighted by atomic mass is 9.96. The van der Waals surface area contributed by atoms with Crippen molar-refractivity contribution in [2.45, 2.75) is 78.5 Å². The second-order valence-electron chi connectivity index (χ2n) is 11.0. The van der Waals surface area contributed by atoms with Gasteiger partial charge in [0.2, 0.25) is 5.96 Å². The number of nitrogens with zero attached hydrogens (tertiary/aromatic N) is 3. The maximum absolute atomic E-state index is 13.6. The lowest BCUT2D eigenvalue weighted by Gasteiger charge is -2.43. The molecule has 1 fully saturated rings. The number of carbonyl (C=O) groups is 2. The Kier molecular flexibility index (Phi) is 9.30. The zero-order chi connectivity index (χ0) is 26.3. The number of aryl methyl sites for hydroxylation is 1. The van der Waals surface area contributed by atoms with Gasteiger partial charge in [-0.05, 0) is 64.0 Å². The number of hydrogen-bond acceptors (Lipinski definition) is 4. The van der Waals surface area contributed by atoms with E-state index in [1.54, 1.807) is 0 Å². The molecule has 2 aromatic carbocycles. The minimum Gasteiger partial charge on any atom is -0.443 e. The predicted octanol–water partition coefficient (Wildman–Crippen LogP) is 6.27. The SMILES string of the molecule is CC(C)C[C@H]1C(=O)CN(CCCc2ccccc2)C(=NC(C)c2ccccc2)N1C(=O)OC(C)(C)C. The van der Waals surface area contributed by atoms with E-state index in [1.807, 2.05) is 81.1 Å². The molecule has 0 radical (unpaired) electrons. The molecule has 194 valence electrons. The normalized spacial score (nSPS) is 18.6. The molecule has 0 aliphatic carbocycles. The maximum Gasteiger partial charge on any atom is 0.417 e. The van der Waals surface area contributed by atoms with E-state index in [9.17, 15) is 9.59 Å². The summed E-state index contributed by atoms with van der Waals surface area (Å²) in [7, 11) is 0. The molecule has 1 aliphatic rings. The maximum atomic E-state index is 13.6. The number of ether oxygens (including phenoxy) is 1. The van der Waals surface area contributed by atoms with Gasteiger partial charge in [-0.3, -0.25) is 4.79 Å². The highest BCUT2D eigenvalue weighted by Gasteiger charge is 2.43. The Balaban J connectivity index is 1.97. The van der Waals surface area contributed by atoms with E-state index in [2.05, 4.69) is 26.0 Å². The first-order chi connectivity index (χ1) is 17.0. The van der Waals surface area contributed by atoms with E-state index in [1.165, 1.54) is 10.5 Å². The summed E-state index contributed by atoms with van der Waals surface area (Å²) in [5.74, 6) is 0.792. The van der Waals surface area contributed by atoms with Crippen LogP contribution in [0, 0.1) is 5.92 Å². The van der Waals surface area contributed by atoms with Crippen molar-refractivity contribution in [1.82, 2.24) is 9.80 Å². The van der Waals surface area contributed by atoms with Crippen LogP contribution < -0.4 is 0 Å². The predicted molar refractivity (Wildman–Crippen MR) is 145 cm³/mol. The van der Waals surface area contributed by atoms with E-state index in [-0.39, 0.29) is 24.3 Å². The molecule has 2 aromatic rings. The molecule has 1 heterocycles. The van der Waals surface area contributed by atoms with Gasteiger partial charge in [-0.15, -0.1) is 0 Å². The number of guanidine groups is 1. The van der Waals surface area contributed by atoms with Crippen LogP contribution in [-0.2, 0) is 16.0 Å². The molecule has 0 bridgehead atoms. The standard InChI is InChI=1S/C30H41N3O3/c1-22(2)20-26-27(34)21-32(19-13-16-24-14-9-7-10-15-24)28(33(26)29(35)36-30(4,5)6)31-23(3)25-17-11-8-12-18-25/h7-12,14-15,17-18,22-23,26H,13,16,19-21H2,1-6H3/t23?,26-/m0/s1. The first-order valence-electron chi connectivity index (χ1n) is 13.0. The molecule has 0 saturated carbocycles. The van der Waals surface area contributed by atoms with Crippen molar-refractivity contribution in [2.24, 2.45) is 10.9 Å². The van der Waals surface area contributed by atoms with Gasteiger partial charge in [0.15, 0.2) is 5.78 Å². The molecule has 0 N–H and O–H groups in total. The molecule has 1 saturated heterocycles. The fourth-order valence-electron chi connectivity index (χ4n) is 4.42. The van der Waals surface area contributed by atoms with Gasteiger partial charge in [-0.2, -0.15) is 0 Å². The summed E-state index contributed by atoms with van der Waals surface area (Å²) in [6.07, 6.45) is 1.77. The molecular weight excluding hydrogens is 450 g/mol. The Morgan fingerprint density at radius 3 is 2.22 bits per heavy atom. The molecule has 2 atom stereocenters. The van der Waals surface area contributed by atoms with Gasteiger partial charge in [0, 0.05) is 6.54 Å². The zero-order valence-corrected chi connectivity index (χ0v) is 22.6. The van der Waals surface area contributed by atoms with Crippen LogP contribution in [0.15, 0.2) is 65.7 Å². The smallest absolute Gasteiger partial charge is 0.417 e. The molecule has 1 aliphatic heterocycles. The summed E-state index contributed by atoms with van der Waals surface area (Å²) < 4.78 is 5.80. The van der Waals surface area contributed by atoms with Crippen LogP contribution in [-0.4, -0.2) is 52.4 Å².